The number of nitrogens with zero attached hydrogens (tertiary/aromatic N) is 4. The van der Waals surface area contributed by atoms with Gasteiger partial charge in [0, 0.05) is 12.6 Å². The molecule has 8 nitrogen and oxygen atoms in total. The molecule has 3 heterocycles. The van der Waals surface area contributed by atoms with Gasteiger partial charge in [0.25, 0.3) is 5.91 Å². The number of nitriles is 1. The average Bonchev–Trinajstić information content (AvgIpc) is 3.05. The van der Waals surface area contributed by atoms with Gasteiger partial charge in [0.2, 0.25) is 0 Å². The summed E-state index contributed by atoms with van der Waals surface area (Å²) >= 11 is 5.62. The molecule has 1 atom stereocenters. The molecule has 1 aromatic heterocycles. The van der Waals surface area contributed by atoms with Crippen LogP contribution in [0.2, 0.25) is 0 Å². The van der Waals surface area contributed by atoms with E-state index in [1.165, 1.54) is 6.07 Å². The Labute approximate surface area is 219 Å². The van der Waals surface area contributed by atoms with Gasteiger partial charge in [-0.25, -0.2) is 4.98 Å². The first kappa shape index (κ1) is 27.7. The normalized spacial score (nSPS) is 26.4. The molecule has 2 saturated heterocycles. The van der Waals surface area contributed by atoms with Gasteiger partial charge in [0.1, 0.15) is 11.6 Å². The van der Waals surface area contributed by atoms with Crippen LogP contribution in [0.4, 0.5) is 18.9 Å². The third-order valence-electron chi connectivity index (χ3n) is 7.16. The van der Waals surface area contributed by atoms with Crippen LogP contribution in [0.5, 0.6) is 0 Å². The van der Waals surface area contributed by atoms with Gasteiger partial charge in [-0.1, -0.05) is 0 Å². The van der Waals surface area contributed by atoms with Crippen LogP contribution >= 0.6 is 12.2 Å². The number of hydrogen-bond acceptors (Lipinski definition) is 7. The van der Waals surface area contributed by atoms with E-state index in [0.717, 1.165) is 68.7 Å². The van der Waals surface area contributed by atoms with Gasteiger partial charge >= 0.3 is 6.18 Å². The summed E-state index contributed by atoms with van der Waals surface area (Å²) in [6.07, 6.45) is 2.28. The van der Waals surface area contributed by atoms with Crippen molar-refractivity contribution in [3.63, 3.8) is 0 Å². The van der Waals surface area contributed by atoms with E-state index in [4.69, 9.17) is 31.7 Å². The lowest BCUT2D eigenvalue weighted by atomic mass is 9.89. The number of aromatic nitrogens is 1. The quantitative estimate of drug-likeness (QED) is 0.368. The van der Waals surface area contributed by atoms with Crippen LogP contribution in [-0.4, -0.2) is 64.7 Å². The van der Waals surface area contributed by atoms with Crippen LogP contribution in [0.15, 0.2) is 12.3 Å². The van der Waals surface area contributed by atoms with Gasteiger partial charge in [-0.05, 0) is 77.1 Å². The van der Waals surface area contributed by atoms with Crippen molar-refractivity contribution in [1.29, 1.82) is 5.26 Å². The Bertz CT molecular complexity index is 1050. The maximum absolute atomic E-state index is 13.5. The molecule has 0 spiro atoms. The molecule has 0 radical (unpaired) electrons. The lowest BCUT2D eigenvalue weighted by Crippen LogP contribution is -2.51. The number of amides is 1. The Morgan fingerprint density at radius 2 is 1.89 bits per heavy atom. The molecule has 1 aromatic rings. The molecule has 1 aliphatic carbocycles. The van der Waals surface area contributed by atoms with Crippen molar-refractivity contribution in [3.05, 3.63) is 23.5 Å². The highest BCUT2D eigenvalue weighted by Crippen LogP contribution is 2.40. The highest BCUT2D eigenvalue weighted by molar-refractivity contribution is 7.80. The number of anilines is 1. The van der Waals surface area contributed by atoms with E-state index in [1.54, 1.807) is 13.8 Å². The Morgan fingerprint density at radius 1 is 1.19 bits per heavy atom. The fourth-order valence-corrected chi connectivity index (χ4v) is 5.80. The summed E-state index contributed by atoms with van der Waals surface area (Å²) in [5.41, 5.74) is -3.10. The SMILES string of the molecule is CC1(C)C(=O)N(c2cnc(C#N)c(C(F)(F)F)c2)C(=S)N1C1CCC(OCCOC2CCCCO2)CC1. The number of pyridine rings is 1. The molecule has 37 heavy (non-hydrogen) atoms. The number of thiocarbonyl (C=S) groups is 1. The van der Waals surface area contributed by atoms with Gasteiger partial charge in [-0.15, -0.1) is 0 Å². The molecule has 3 aliphatic rings. The van der Waals surface area contributed by atoms with E-state index in [9.17, 15) is 18.0 Å². The van der Waals surface area contributed by atoms with Crippen molar-refractivity contribution >= 4 is 28.9 Å². The molecule has 1 saturated carbocycles. The summed E-state index contributed by atoms with van der Waals surface area (Å²) in [6, 6.07) is 2.16. The third-order valence-corrected chi connectivity index (χ3v) is 7.54. The first-order valence-corrected chi connectivity index (χ1v) is 12.9. The number of carbonyl (C=O) groups is 1. The maximum atomic E-state index is 13.5. The monoisotopic (exact) mass is 540 g/mol. The Morgan fingerprint density at radius 3 is 2.51 bits per heavy atom. The number of alkyl halides is 3. The highest BCUT2D eigenvalue weighted by atomic mass is 32.1. The van der Waals surface area contributed by atoms with Crippen molar-refractivity contribution in [3.8, 4) is 6.07 Å². The fourth-order valence-electron chi connectivity index (χ4n) is 5.24. The zero-order chi connectivity index (χ0) is 26.8. The molecule has 0 aromatic carbocycles. The minimum Gasteiger partial charge on any atom is -0.376 e. The number of hydrogen-bond donors (Lipinski definition) is 0. The van der Waals surface area contributed by atoms with E-state index < -0.39 is 28.9 Å². The van der Waals surface area contributed by atoms with Crippen LogP contribution in [0.3, 0.4) is 0 Å². The third kappa shape index (κ3) is 5.90. The molecular weight excluding hydrogens is 509 g/mol. The highest BCUT2D eigenvalue weighted by Gasteiger charge is 2.52. The molecule has 3 fully saturated rings. The minimum atomic E-state index is -4.79. The second-order valence-corrected chi connectivity index (χ2v) is 10.4. The zero-order valence-electron chi connectivity index (χ0n) is 20.9. The Balaban J connectivity index is 1.38. The van der Waals surface area contributed by atoms with E-state index in [0.29, 0.717) is 13.2 Å². The van der Waals surface area contributed by atoms with Gasteiger partial charge in [-0.3, -0.25) is 9.69 Å². The van der Waals surface area contributed by atoms with Crippen molar-refractivity contribution < 1.29 is 32.2 Å². The van der Waals surface area contributed by atoms with Crippen molar-refractivity contribution in [2.24, 2.45) is 0 Å². The number of halogens is 3. The van der Waals surface area contributed by atoms with Crippen LogP contribution in [0, 0.1) is 11.3 Å². The van der Waals surface area contributed by atoms with Crippen LogP contribution < -0.4 is 4.90 Å². The van der Waals surface area contributed by atoms with Crippen molar-refractivity contribution in [2.75, 3.05) is 24.7 Å². The first-order chi connectivity index (χ1) is 17.5. The Kier molecular flexibility index (Phi) is 8.38. The number of ether oxygens (including phenoxy) is 3. The summed E-state index contributed by atoms with van der Waals surface area (Å²) in [6.45, 7) is 5.11. The van der Waals surface area contributed by atoms with E-state index in [2.05, 4.69) is 4.98 Å². The van der Waals surface area contributed by atoms with Crippen molar-refractivity contribution in [1.82, 2.24) is 9.88 Å². The summed E-state index contributed by atoms with van der Waals surface area (Å²) < 4.78 is 57.7. The molecular formula is C25H31F3N4O4S. The largest absolute Gasteiger partial charge is 0.419 e. The van der Waals surface area contributed by atoms with Crippen LogP contribution in [-0.2, 0) is 25.2 Å². The summed E-state index contributed by atoms with van der Waals surface area (Å²) in [4.78, 5) is 19.9. The molecule has 2 aliphatic heterocycles. The van der Waals surface area contributed by atoms with E-state index in [1.807, 2.05) is 4.90 Å². The van der Waals surface area contributed by atoms with E-state index in [-0.39, 0.29) is 29.2 Å². The van der Waals surface area contributed by atoms with Gasteiger partial charge < -0.3 is 19.1 Å². The number of rotatable bonds is 7. The molecule has 0 bridgehead atoms. The fraction of sp³-hybridized carbons (Fsp3) is 0.680. The minimum absolute atomic E-state index is 0.0587. The second-order valence-electron chi connectivity index (χ2n) is 10.0. The molecule has 202 valence electrons. The van der Waals surface area contributed by atoms with Gasteiger partial charge in [0.15, 0.2) is 17.1 Å². The lowest BCUT2D eigenvalue weighted by molar-refractivity contribution is -0.172. The topological polar surface area (TPSA) is 87.9 Å². The van der Waals surface area contributed by atoms with Crippen molar-refractivity contribution in [2.45, 2.75) is 88.9 Å². The summed E-state index contributed by atoms with van der Waals surface area (Å²) in [5.74, 6) is -0.433. The smallest absolute Gasteiger partial charge is 0.376 e. The molecule has 1 amide bonds. The Hall–Kier alpha value is -2.33. The van der Waals surface area contributed by atoms with E-state index >= 15 is 0 Å². The van der Waals surface area contributed by atoms with Crippen LogP contribution in [0.25, 0.3) is 0 Å². The molecule has 0 N–H and O–H groups in total. The molecule has 1 unspecified atom stereocenters. The standard InChI is InChI=1S/C25H31F3N4O4S/c1-24(2)22(33)31(17-13-19(25(26,27)28)20(14-29)30-15-17)23(37)32(24)16-6-8-18(9-7-16)34-11-12-36-21-5-3-4-10-35-21/h13,15-16,18,21H,3-12H2,1-2H3. The number of carbonyl (C=O) groups excluding carboxylic acids is 1. The zero-order valence-corrected chi connectivity index (χ0v) is 21.7. The maximum Gasteiger partial charge on any atom is 0.419 e. The van der Waals surface area contributed by atoms with Crippen LogP contribution in [0.1, 0.15) is 70.1 Å². The molecule has 12 heteroatoms. The second kappa shape index (κ2) is 11.2. The first-order valence-electron chi connectivity index (χ1n) is 12.5. The molecule has 4 rings (SSSR count). The summed E-state index contributed by atoms with van der Waals surface area (Å²) in [7, 11) is 0. The predicted molar refractivity (Wildman–Crippen MR) is 131 cm³/mol. The predicted octanol–water partition coefficient (Wildman–Crippen LogP) is 4.56. The average molecular weight is 541 g/mol. The van der Waals surface area contributed by atoms with Gasteiger partial charge in [-0.2, -0.15) is 18.4 Å². The summed E-state index contributed by atoms with van der Waals surface area (Å²) in [5, 5.41) is 9.18. The van der Waals surface area contributed by atoms with Gasteiger partial charge in [0.05, 0.1) is 36.8 Å². The lowest BCUT2D eigenvalue weighted by Gasteiger charge is -2.40.